The van der Waals surface area contributed by atoms with Gasteiger partial charge in [-0.15, -0.1) is 0 Å². The number of carbonyl (C=O) groups is 1. The highest BCUT2D eigenvalue weighted by Crippen LogP contribution is 2.27. The van der Waals surface area contributed by atoms with E-state index in [1.165, 1.54) is 5.56 Å². The average Bonchev–Trinajstić information content (AvgIpc) is 2.90. The number of anilines is 1. The van der Waals surface area contributed by atoms with Gasteiger partial charge in [-0.3, -0.25) is 4.79 Å². The van der Waals surface area contributed by atoms with Gasteiger partial charge in [-0.1, -0.05) is 12.2 Å². The highest BCUT2D eigenvalue weighted by molar-refractivity contribution is 7.80. The van der Waals surface area contributed by atoms with Gasteiger partial charge in [0.15, 0.2) is 0 Å². The maximum atomic E-state index is 12.0. The molecule has 1 aromatic heterocycles. The fourth-order valence-corrected chi connectivity index (χ4v) is 2.67. The van der Waals surface area contributed by atoms with Crippen LogP contribution in [0.4, 0.5) is 5.82 Å². The molecule has 5 nitrogen and oxygen atoms in total. The summed E-state index contributed by atoms with van der Waals surface area (Å²) in [5.41, 5.74) is 8.98. The molecule has 1 amide bonds. The van der Waals surface area contributed by atoms with Gasteiger partial charge < -0.3 is 15.5 Å². The molecule has 0 radical (unpaired) electrons. The molecule has 1 aliphatic rings. The summed E-state index contributed by atoms with van der Waals surface area (Å²) in [6, 6.07) is 2.05. The Labute approximate surface area is 131 Å². The van der Waals surface area contributed by atoms with E-state index in [9.17, 15) is 4.79 Å². The third-order valence-electron chi connectivity index (χ3n) is 3.80. The second-order valence-corrected chi connectivity index (χ2v) is 5.93. The highest BCUT2D eigenvalue weighted by Gasteiger charge is 2.22. The summed E-state index contributed by atoms with van der Waals surface area (Å²) in [6.45, 7) is 2.97. The van der Waals surface area contributed by atoms with E-state index < -0.39 is 0 Å². The zero-order valence-electron chi connectivity index (χ0n) is 12.8. The van der Waals surface area contributed by atoms with Crippen LogP contribution in [0.3, 0.4) is 0 Å². The molecule has 0 aromatic carbocycles. The number of aryl methyl sites for hydroxylation is 2. The van der Waals surface area contributed by atoms with Crippen molar-refractivity contribution in [2.45, 2.75) is 26.2 Å². The zero-order valence-corrected chi connectivity index (χ0v) is 13.7. The molecule has 0 spiro atoms. The Kier molecular flexibility index (Phi) is 4.77. The summed E-state index contributed by atoms with van der Waals surface area (Å²) < 4.78 is 0. The molecule has 0 bridgehead atoms. The summed E-state index contributed by atoms with van der Waals surface area (Å²) in [4.78, 5) is 20.6. The van der Waals surface area contributed by atoms with Gasteiger partial charge in [0.2, 0.25) is 5.91 Å². The number of nitrogens with two attached hydrogens (primary N) is 1. The van der Waals surface area contributed by atoms with E-state index in [1.807, 2.05) is 11.8 Å². The molecule has 0 atom stereocenters. The van der Waals surface area contributed by atoms with Crippen molar-refractivity contribution in [2.75, 3.05) is 32.1 Å². The molecule has 2 rings (SSSR count). The van der Waals surface area contributed by atoms with E-state index in [0.29, 0.717) is 11.5 Å². The van der Waals surface area contributed by atoms with Gasteiger partial charge in [0.25, 0.3) is 0 Å². The number of aromatic nitrogens is 1. The van der Waals surface area contributed by atoms with Crippen molar-refractivity contribution in [2.24, 2.45) is 5.73 Å². The third-order valence-corrected chi connectivity index (χ3v) is 4.02. The predicted octanol–water partition coefficient (Wildman–Crippen LogP) is 1.12. The lowest BCUT2D eigenvalue weighted by molar-refractivity contribution is -0.127. The summed E-state index contributed by atoms with van der Waals surface area (Å²) in [5, 5.41) is 0. The number of hydrogen-bond acceptors (Lipinski definition) is 4. The Balaban J connectivity index is 2.40. The van der Waals surface area contributed by atoms with E-state index in [4.69, 9.17) is 22.9 Å². The van der Waals surface area contributed by atoms with E-state index in [2.05, 4.69) is 6.07 Å². The van der Waals surface area contributed by atoms with Gasteiger partial charge in [0.1, 0.15) is 10.8 Å². The van der Waals surface area contributed by atoms with Crippen molar-refractivity contribution in [3.8, 4) is 0 Å². The second-order valence-electron chi connectivity index (χ2n) is 5.49. The van der Waals surface area contributed by atoms with Crippen LogP contribution < -0.4 is 10.6 Å². The van der Waals surface area contributed by atoms with Gasteiger partial charge in [-0.25, -0.2) is 4.98 Å². The van der Waals surface area contributed by atoms with E-state index in [1.54, 1.807) is 19.0 Å². The van der Waals surface area contributed by atoms with Crippen molar-refractivity contribution >= 4 is 28.9 Å². The first kappa shape index (κ1) is 15.7. The molecular weight excluding hydrogens is 284 g/mol. The smallest absolute Gasteiger partial charge is 0.241 e. The molecule has 114 valence electrons. The lowest BCUT2D eigenvalue weighted by atomic mass is 10.1. The minimum absolute atomic E-state index is 0.0352. The summed E-state index contributed by atoms with van der Waals surface area (Å²) in [7, 11) is 3.50. The first-order chi connectivity index (χ1) is 9.93. The second kappa shape index (κ2) is 6.39. The quantitative estimate of drug-likeness (QED) is 0.826. The lowest BCUT2D eigenvalue weighted by Crippen LogP contribution is -2.38. The molecule has 21 heavy (non-hydrogen) atoms. The summed E-state index contributed by atoms with van der Waals surface area (Å²) >= 11 is 5.17. The molecule has 0 saturated carbocycles. The van der Waals surface area contributed by atoms with Crippen LogP contribution in [0.1, 0.15) is 30.2 Å². The molecule has 0 unspecified atom stereocenters. The molecule has 6 heteroatoms. The third kappa shape index (κ3) is 3.32. The van der Waals surface area contributed by atoms with Crippen LogP contribution in [0, 0.1) is 0 Å². The minimum atomic E-state index is 0.0352. The summed E-state index contributed by atoms with van der Waals surface area (Å²) in [6.07, 6.45) is 3.13. The Bertz CT molecular complexity index is 571. The van der Waals surface area contributed by atoms with E-state index in [0.717, 1.165) is 36.3 Å². The van der Waals surface area contributed by atoms with Gasteiger partial charge in [-0.2, -0.15) is 0 Å². The van der Waals surface area contributed by atoms with Crippen molar-refractivity contribution in [1.82, 2.24) is 9.88 Å². The number of amides is 1. The minimum Gasteiger partial charge on any atom is -0.389 e. The molecule has 2 N–H and O–H groups in total. The molecule has 1 heterocycles. The highest BCUT2D eigenvalue weighted by atomic mass is 32.1. The zero-order chi connectivity index (χ0) is 15.6. The monoisotopic (exact) mass is 306 g/mol. The Morgan fingerprint density at radius 1 is 1.43 bits per heavy atom. The molecular formula is C15H22N4OS. The van der Waals surface area contributed by atoms with Crippen molar-refractivity contribution in [3.05, 3.63) is 22.9 Å². The molecule has 0 fully saturated rings. The Hall–Kier alpha value is -1.69. The standard InChI is InChI=1S/C15H22N4OS/c1-4-19(9-13(20)18(2)3)15-11(14(16)21)8-10-6-5-7-12(10)17-15/h8H,4-7,9H2,1-3H3,(H2,16,21). The molecule has 0 saturated heterocycles. The Morgan fingerprint density at radius 3 is 2.71 bits per heavy atom. The van der Waals surface area contributed by atoms with Gasteiger partial charge >= 0.3 is 0 Å². The van der Waals surface area contributed by atoms with Crippen molar-refractivity contribution in [3.63, 3.8) is 0 Å². The van der Waals surface area contributed by atoms with Crippen LogP contribution in [0.5, 0.6) is 0 Å². The fourth-order valence-electron chi connectivity index (χ4n) is 2.52. The average molecular weight is 306 g/mol. The SMILES string of the molecule is CCN(CC(=O)N(C)C)c1nc2c(cc1C(N)=S)CCC2. The van der Waals surface area contributed by atoms with Gasteiger partial charge in [0.05, 0.1) is 12.1 Å². The maximum Gasteiger partial charge on any atom is 0.241 e. The van der Waals surface area contributed by atoms with Crippen LogP contribution in [0.2, 0.25) is 0 Å². The van der Waals surface area contributed by atoms with Crippen molar-refractivity contribution < 1.29 is 4.79 Å². The number of thiocarbonyl (C=S) groups is 1. The number of rotatable bonds is 5. The van der Waals surface area contributed by atoms with E-state index >= 15 is 0 Å². The maximum absolute atomic E-state index is 12.0. The summed E-state index contributed by atoms with van der Waals surface area (Å²) in [5.74, 6) is 0.772. The Morgan fingerprint density at radius 2 is 2.14 bits per heavy atom. The predicted molar refractivity (Wildman–Crippen MR) is 88.7 cm³/mol. The molecule has 0 aliphatic heterocycles. The normalized spacial score (nSPS) is 12.9. The molecule has 1 aliphatic carbocycles. The van der Waals surface area contributed by atoms with Gasteiger partial charge in [-0.05, 0) is 37.8 Å². The topological polar surface area (TPSA) is 62.5 Å². The van der Waals surface area contributed by atoms with Crippen LogP contribution in [-0.2, 0) is 17.6 Å². The van der Waals surface area contributed by atoms with Gasteiger partial charge in [0, 0.05) is 26.3 Å². The lowest BCUT2D eigenvalue weighted by Gasteiger charge is -2.26. The number of nitrogens with zero attached hydrogens (tertiary/aromatic N) is 3. The van der Waals surface area contributed by atoms with Crippen LogP contribution in [0.25, 0.3) is 0 Å². The number of likely N-dealkylation sites (N-methyl/N-ethyl adjacent to an activating group) is 2. The molecule has 1 aromatic rings. The first-order valence-corrected chi connectivity index (χ1v) is 7.62. The van der Waals surface area contributed by atoms with Crippen LogP contribution in [0.15, 0.2) is 6.07 Å². The number of carbonyl (C=O) groups excluding carboxylic acids is 1. The van der Waals surface area contributed by atoms with E-state index in [-0.39, 0.29) is 12.5 Å². The van der Waals surface area contributed by atoms with Crippen LogP contribution >= 0.6 is 12.2 Å². The fraction of sp³-hybridized carbons (Fsp3) is 0.533. The number of pyridine rings is 1. The number of hydrogen-bond donors (Lipinski definition) is 1. The van der Waals surface area contributed by atoms with Crippen molar-refractivity contribution in [1.29, 1.82) is 0 Å². The largest absolute Gasteiger partial charge is 0.389 e. The number of fused-ring (bicyclic) bond motifs is 1. The van der Waals surface area contributed by atoms with Crippen LogP contribution in [-0.4, -0.2) is 48.0 Å². The first-order valence-electron chi connectivity index (χ1n) is 7.21.